The Kier molecular flexibility index (Phi) is 4.84. The molecule has 0 atom stereocenters. The second-order valence-electron chi connectivity index (χ2n) is 5.76. The highest BCUT2D eigenvalue weighted by Gasteiger charge is 2.19. The molecule has 1 heteroatoms. The summed E-state index contributed by atoms with van der Waals surface area (Å²) >= 11 is 0. The summed E-state index contributed by atoms with van der Waals surface area (Å²) in [6.07, 6.45) is 10.7. The Bertz CT molecular complexity index is 570. The van der Waals surface area contributed by atoms with Gasteiger partial charge in [0.05, 0.1) is 34.3 Å². The molecule has 21 heavy (non-hydrogen) atoms. The first-order valence-electron chi connectivity index (χ1n) is 15.9. The molecular formula is C20H44N+. The lowest BCUT2D eigenvalue weighted by Crippen LogP contribution is -2.48. The third-order valence-corrected chi connectivity index (χ3v) is 3.92. The molecular weight excluding hydrogens is 254 g/mol. The Morgan fingerprint density at radius 2 is 1.00 bits per heavy atom. The first-order chi connectivity index (χ1) is 16.1. The van der Waals surface area contributed by atoms with Crippen molar-refractivity contribution in [2.75, 3.05) is 26.0 Å². The lowest BCUT2D eigenvalue weighted by molar-refractivity contribution is -0.923. The number of quaternary nitrogens is 1. The van der Waals surface area contributed by atoms with Crippen LogP contribution in [0.4, 0.5) is 0 Å². The minimum Gasteiger partial charge on any atom is -0.324 e. The van der Waals surface area contributed by atoms with Gasteiger partial charge in [-0.15, -0.1) is 0 Å². The summed E-state index contributed by atoms with van der Waals surface area (Å²) in [6.45, 7) is -21.5. The van der Waals surface area contributed by atoms with Gasteiger partial charge in [-0.25, -0.2) is 0 Å². The molecule has 0 saturated heterocycles. The minimum absolute atomic E-state index is 0.141. The maximum Gasteiger partial charge on any atom is 0.0921 e. The van der Waals surface area contributed by atoms with E-state index < -0.39 is 51.1 Å². The zero-order valence-electron chi connectivity index (χ0n) is 28.6. The SMILES string of the molecule is [2H]C([2H])([2H])C([2H])([2H])[N+](CCCCCCCCCCCCCC)(C([2H])([2H])C([2H])([2H])[2H])C([2H])([2H])C([2H])([2H])[2H]. The van der Waals surface area contributed by atoms with Crippen molar-refractivity contribution < 1.29 is 25.0 Å². The van der Waals surface area contributed by atoms with Gasteiger partial charge in [-0.05, 0) is 33.4 Å². The summed E-state index contributed by atoms with van der Waals surface area (Å²) in [5.74, 6) is 0. The quantitative estimate of drug-likeness (QED) is 0.223. The van der Waals surface area contributed by atoms with Gasteiger partial charge in [0.2, 0.25) is 0 Å². The van der Waals surface area contributed by atoms with Crippen molar-refractivity contribution in [3.63, 3.8) is 0 Å². The lowest BCUT2D eigenvalue weighted by Gasteiger charge is -2.35. The monoisotopic (exact) mass is 313 g/mol. The molecule has 0 fully saturated rings. The molecule has 0 spiro atoms. The zero-order chi connectivity index (χ0) is 28.7. The molecule has 0 aliphatic rings. The number of unbranched alkanes of at least 4 members (excludes halogenated alkanes) is 11. The van der Waals surface area contributed by atoms with Crippen molar-refractivity contribution in [3.05, 3.63) is 0 Å². The fourth-order valence-electron chi connectivity index (χ4n) is 2.44. The summed E-state index contributed by atoms with van der Waals surface area (Å²) in [5.41, 5.74) is 0. The van der Waals surface area contributed by atoms with Crippen LogP contribution in [0.1, 0.15) is 125 Å². The molecule has 0 unspecified atom stereocenters. The molecule has 0 heterocycles. The van der Waals surface area contributed by atoms with Crippen LogP contribution in [0.3, 0.4) is 0 Å². The second-order valence-corrected chi connectivity index (χ2v) is 5.76. The highest BCUT2D eigenvalue weighted by atomic mass is 15.3. The molecule has 0 aromatic carbocycles. The fourth-order valence-corrected chi connectivity index (χ4v) is 2.44. The average molecular weight is 314 g/mol. The zero-order valence-corrected chi connectivity index (χ0v) is 13.6. The molecule has 0 radical (unpaired) electrons. The van der Waals surface area contributed by atoms with Gasteiger partial charge in [0, 0.05) is 12.3 Å². The Hall–Kier alpha value is -0.0400. The van der Waals surface area contributed by atoms with E-state index in [1.807, 2.05) is 0 Å². The molecule has 0 aromatic rings. The van der Waals surface area contributed by atoms with Gasteiger partial charge in [0.15, 0.2) is 0 Å². The van der Waals surface area contributed by atoms with E-state index in [1.165, 1.54) is 32.1 Å². The van der Waals surface area contributed by atoms with Crippen LogP contribution in [-0.2, 0) is 0 Å². The highest BCUT2D eigenvalue weighted by molar-refractivity contribution is 4.49. The topological polar surface area (TPSA) is 0 Å². The van der Waals surface area contributed by atoms with Gasteiger partial charge >= 0.3 is 0 Å². The summed E-state index contributed by atoms with van der Waals surface area (Å²) in [7, 11) is 0. The lowest BCUT2D eigenvalue weighted by atomic mass is 10.1. The van der Waals surface area contributed by atoms with E-state index in [0.29, 0.717) is 12.8 Å². The van der Waals surface area contributed by atoms with Crippen LogP contribution in [0, 0.1) is 0 Å². The van der Waals surface area contributed by atoms with E-state index in [4.69, 9.17) is 20.6 Å². The Labute approximate surface area is 157 Å². The molecule has 0 N–H and O–H groups in total. The normalized spacial score (nSPS) is 26.4. The van der Waals surface area contributed by atoms with E-state index in [2.05, 4.69) is 6.92 Å². The largest absolute Gasteiger partial charge is 0.324 e. The van der Waals surface area contributed by atoms with E-state index in [9.17, 15) is 0 Å². The van der Waals surface area contributed by atoms with Crippen LogP contribution >= 0.6 is 0 Å². The van der Waals surface area contributed by atoms with Crippen molar-refractivity contribution >= 4 is 0 Å². The Balaban J connectivity index is 5.76. The first-order valence-corrected chi connectivity index (χ1v) is 8.44. The van der Waals surface area contributed by atoms with Crippen LogP contribution in [0.5, 0.6) is 0 Å². The molecule has 0 bridgehead atoms. The van der Waals surface area contributed by atoms with Crippen molar-refractivity contribution in [2.45, 2.75) is 105 Å². The predicted octanol–water partition coefficient (Wildman–Crippen LogP) is 6.56. The van der Waals surface area contributed by atoms with E-state index >= 15 is 0 Å². The van der Waals surface area contributed by atoms with Crippen molar-refractivity contribution in [1.82, 2.24) is 0 Å². The van der Waals surface area contributed by atoms with Crippen LogP contribution < -0.4 is 0 Å². The van der Waals surface area contributed by atoms with E-state index in [0.717, 1.165) is 25.7 Å². The highest BCUT2D eigenvalue weighted by Crippen LogP contribution is 2.14. The van der Waals surface area contributed by atoms with Crippen LogP contribution in [0.15, 0.2) is 0 Å². The minimum atomic E-state index is -3.86. The summed E-state index contributed by atoms with van der Waals surface area (Å²) in [4.78, 5) is 0. The second kappa shape index (κ2) is 14.9. The van der Waals surface area contributed by atoms with Gasteiger partial charge in [0.25, 0.3) is 0 Å². The summed E-state index contributed by atoms with van der Waals surface area (Å²) in [6, 6.07) is 0. The van der Waals surface area contributed by atoms with Gasteiger partial charge in [-0.1, -0.05) is 71.1 Å². The number of hydrogen-bond acceptors (Lipinski definition) is 0. The predicted molar refractivity (Wildman–Crippen MR) is 97.8 cm³/mol. The smallest absolute Gasteiger partial charge is 0.0921 e. The summed E-state index contributed by atoms with van der Waals surface area (Å²) in [5, 5.41) is 0. The maximum absolute atomic E-state index is 8.30. The Morgan fingerprint density at radius 1 is 0.619 bits per heavy atom. The van der Waals surface area contributed by atoms with Crippen LogP contribution in [-0.4, -0.2) is 30.5 Å². The van der Waals surface area contributed by atoms with Gasteiger partial charge in [-0.3, -0.25) is 0 Å². The van der Waals surface area contributed by atoms with E-state index in [1.54, 1.807) is 0 Å². The van der Waals surface area contributed by atoms with Crippen LogP contribution in [0.2, 0.25) is 0 Å². The Morgan fingerprint density at radius 3 is 1.38 bits per heavy atom. The average Bonchev–Trinajstić information content (AvgIpc) is 2.68. The number of hydrogen-bond donors (Lipinski definition) is 0. The van der Waals surface area contributed by atoms with Gasteiger partial charge < -0.3 is 4.48 Å². The first kappa shape index (κ1) is 6.83. The molecule has 128 valence electrons. The van der Waals surface area contributed by atoms with Gasteiger partial charge in [-0.2, -0.15) is 0 Å². The van der Waals surface area contributed by atoms with Crippen LogP contribution in [0.25, 0.3) is 0 Å². The number of rotatable bonds is 16. The standard InChI is InChI=1S/C20H44N/c1-5-9-10-11-12-13-14-15-16-17-18-19-20-21(6-2,7-3)8-4/h5-20H2,1-4H3/q+1/i2D3,3D3,4D3,6D2,7D2,8D2. The molecule has 0 aliphatic heterocycles. The summed E-state index contributed by atoms with van der Waals surface area (Å²) < 4.78 is 116. The van der Waals surface area contributed by atoms with Crippen molar-refractivity contribution in [1.29, 1.82) is 0 Å². The van der Waals surface area contributed by atoms with Crippen molar-refractivity contribution in [3.8, 4) is 0 Å². The van der Waals surface area contributed by atoms with Crippen molar-refractivity contribution in [2.24, 2.45) is 0 Å². The molecule has 0 aromatic heterocycles. The molecule has 0 aliphatic carbocycles. The van der Waals surface area contributed by atoms with E-state index in [-0.39, 0.29) is 6.42 Å². The molecule has 0 amide bonds. The third kappa shape index (κ3) is 11.2. The number of nitrogens with zero attached hydrogens (tertiary/aromatic N) is 1. The maximum atomic E-state index is 8.30. The molecule has 1 nitrogen and oxygen atoms in total. The molecule has 0 saturated carbocycles. The van der Waals surface area contributed by atoms with Gasteiger partial charge in [0.1, 0.15) is 0 Å². The fraction of sp³-hybridized carbons (Fsp3) is 1.00. The third-order valence-electron chi connectivity index (χ3n) is 3.92. The molecule has 0 rings (SSSR count).